The van der Waals surface area contributed by atoms with E-state index in [0.717, 1.165) is 11.1 Å². The summed E-state index contributed by atoms with van der Waals surface area (Å²) in [5, 5.41) is 0. The molecular weight excluding hydrogens is 262 g/mol. The van der Waals surface area contributed by atoms with Gasteiger partial charge in [-0.1, -0.05) is 38.1 Å². The van der Waals surface area contributed by atoms with Crippen molar-refractivity contribution in [2.45, 2.75) is 26.9 Å². The molecule has 0 saturated carbocycles. The molecule has 0 aromatic heterocycles. The molecule has 1 aromatic carbocycles. The number of nitrogens with two attached hydrogens (primary N) is 1. The number of benzene rings is 1. The van der Waals surface area contributed by atoms with Gasteiger partial charge in [0, 0.05) is 33.2 Å². The fraction of sp³-hybridized carbons (Fsp3) is 0.538. The van der Waals surface area contributed by atoms with Gasteiger partial charge in [-0.05, 0) is 11.1 Å². The third-order valence-corrected chi connectivity index (χ3v) is 5.18. The monoisotopic (exact) mass is 285 g/mol. The lowest BCUT2D eigenvalue weighted by Gasteiger charge is -2.25. The zero-order valence-electron chi connectivity index (χ0n) is 11.8. The maximum Gasteiger partial charge on any atom is 0.282 e. The number of nitrogens with zero attached hydrogens (tertiary/aromatic N) is 2. The van der Waals surface area contributed by atoms with Gasteiger partial charge < -0.3 is 5.73 Å². The fourth-order valence-corrected chi connectivity index (χ4v) is 3.23. The molecule has 19 heavy (non-hydrogen) atoms. The van der Waals surface area contributed by atoms with Gasteiger partial charge >= 0.3 is 0 Å². The van der Waals surface area contributed by atoms with Crippen molar-refractivity contribution in [1.82, 2.24) is 8.61 Å². The van der Waals surface area contributed by atoms with Crippen molar-refractivity contribution in [3.8, 4) is 0 Å². The molecule has 2 N–H and O–H groups in total. The largest absolute Gasteiger partial charge is 0.326 e. The Hall–Kier alpha value is -0.950. The molecule has 0 aliphatic heterocycles. The summed E-state index contributed by atoms with van der Waals surface area (Å²) in [4.78, 5) is 0. The van der Waals surface area contributed by atoms with Gasteiger partial charge in [-0.15, -0.1) is 0 Å². The highest BCUT2D eigenvalue weighted by Crippen LogP contribution is 2.12. The van der Waals surface area contributed by atoms with Gasteiger partial charge in [0.2, 0.25) is 0 Å². The van der Waals surface area contributed by atoms with Crippen molar-refractivity contribution in [1.29, 1.82) is 0 Å². The molecule has 0 radical (unpaired) electrons. The highest BCUT2D eigenvalue weighted by Gasteiger charge is 2.24. The fourth-order valence-electron chi connectivity index (χ4n) is 1.87. The lowest BCUT2D eigenvalue weighted by Crippen LogP contribution is -2.41. The molecule has 0 atom stereocenters. The first-order valence-electron chi connectivity index (χ1n) is 6.45. The van der Waals surface area contributed by atoms with Gasteiger partial charge in [0.25, 0.3) is 10.2 Å². The van der Waals surface area contributed by atoms with E-state index in [1.54, 1.807) is 7.05 Å². The Labute approximate surface area is 116 Å². The van der Waals surface area contributed by atoms with Crippen LogP contribution in [0.2, 0.25) is 0 Å². The number of hydrogen-bond acceptors (Lipinski definition) is 3. The van der Waals surface area contributed by atoms with Crippen LogP contribution in [-0.2, 0) is 23.3 Å². The average Bonchev–Trinajstić information content (AvgIpc) is 2.40. The minimum atomic E-state index is -3.37. The van der Waals surface area contributed by atoms with Crippen LogP contribution in [-0.4, -0.2) is 37.2 Å². The van der Waals surface area contributed by atoms with E-state index in [1.807, 2.05) is 38.1 Å². The Morgan fingerprint density at radius 2 is 1.53 bits per heavy atom. The first kappa shape index (κ1) is 16.1. The summed E-state index contributed by atoms with van der Waals surface area (Å²) in [6, 6.07) is 7.67. The van der Waals surface area contributed by atoms with E-state index in [2.05, 4.69) is 0 Å². The molecular formula is C13H23N3O2S. The molecule has 1 rings (SSSR count). The zero-order chi connectivity index (χ0) is 14.5. The second-order valence-corrected chi connectivity index (χ2v) is 6.40. The Balaban J connectivity index is 2.80. The predicted octanol–water partition coefficient (Wildman–Crippen LogP) is 1.16. The smallest absolute Gasteiger partial charge is 0.282 e. The number of hydrogen-bond donors (Lipinski definition) is 1. The van der Waals surface area contributed by atoms with Gasteiger partial charge in [-0.3, -0.25) is 0 Å². The van der Waals surface area contributed by atoms with E-state index < -0.39 is 10.2 Å². The Morgan fingerprint density at radius 1 is 1.05 bits per heavy atom. The van der Waals surface area contributed by atoms with Crippen molar-refractivity contribution >= 4 is 10.2 Å². The number of rotatable bonds is 7. The normalized spacial score (nSPS) is 12.3. The molecule has 0 spiro atoms. The van der Waals surface area contributed by atoms with Gasteiger partial charge in [-0.25, -0.2) is 0 Å². The van der Waals surface area contributed by atoms with Crippen LogP contribution in [0.3, 0.4) is 0 Å². The minimum absolute atomic E-state index is 0.365. The summed E-state index contributed by atoms with van der Waals surface area (Å²) in [6.07, 6.45) is 0. The minimum Gasteiger partial charge on any atom is -0.326 e. The van der Waals surface area contributed by atoms with Crippen LogP contribution in [0.25, 0.3) is 0 Å². The van der Waals surface area contributed by atoms with E-state index in [1.165, 1.54) is 8.61 Å². The third kappa shape index (κ3) is 4.01. The van der Waals surface area contributed by atoms with Crippen LogP contribution in [0.1, 0.15) is 25.0 Å². The van der Waals surface area contributed by atoms with Crippen molar-refractivity contribution in [2.24, 2.45) is 5.73 Å². The highest BCUT2D eigenvalue weighted by molar-refractivity contribution is 7.86. The molecule has 0 bridgehead atoms. The van der Waals surface area contributed by atoms with Crippen molar-refractivity contribution in [3.05, 3.63) is 35.4 Å². The van der Waals surface area contributed by atoms with Crippen LogP contribution in [0.4, 0.5) is 0 Å². The molecule has 6 heteroatoms. The average molecular weight is 285 g/mol. The van der Waals surface area contributed by atoms with E-state index >= 15 is 0 Å². The Morgan fingerprint density at radius 3 is 1.95 bits per heavy atom. The van der Waals surface area contributed by atoms with E-state index in [9.17, 15) is 8.42 Å². The third-order valence-electron chi connectivity index (χ3n) is 3.09. The maximum absolute atomic E-state index is 12.3. The molecule has 1 aromatic rings. The summed E-state index contributed by atoms with van der Waals surface area (Å²) in [7, 11) is -1.77. The maximum atomic E-state index is 12.3. The first-order chi connectivity index (χ1) is 8.95. The van der Waals surface area contributed by atoms with Crippen LogP contribution in [0, 0.1) is 0 Å². The van der Waals surface area contributed by atoms with Crippen molar-refractivity contribution in [2.75, 3.05) is 20.1 Å². The highest BCUT2D eigenvalue weighted by atomic mass is 32.2. The Kier molecular flexibility index (Phi) is 5.93. The zero-order valence-corrected chi connectivity index (χ0v) is 12.7. The van der Waals surface area contributed by atoms with E-state index in [-0.39, 0.29) is 0 Å². The molecule has 0 amide bonds. The predicted molar refractivity (Wildman–Crippen MR) is 77.6 cm³/mol. The molecule has 0 aliphatic rings. The van der Waals surface area contributed by atoms with Gasteiger partial charge in [0.1, 0.15) is 0 Å². The van der Waals surface area contributed by atoms with E-state index in [0.29, 0.717) is 26.2 Å². The lowest BCUT2D eigenvalue weighted by molar-refractivity contribution is 0.375. The van der Waals surface area contributed by atoms with Crippen LogP contribution in [0.5, 0.6) is 0 Å². The summed E-state index contributed by atoms with van der Waals surface area (Å²) in [6.45, 7) is 5.50. The SMILES string of the molecule is CCN(CC)S(=O)(=O)N(C)Cc1ccc(CN)cc1. The second kappa shape index (κ2) is 7.00. The first-order valence-corrected chi connectivity index (χ1v) is 7.84. The van der Waals surface area contributed by atoms with Gasteiger partial charge in [0.15, 0.2) is 0 Å². The Bertz CT molecular complexity index is 481. The molecule has 0 saturated heterocycles. The quantitative estimate of drug-likeness (QED) is 0.817. The van der Waals surface area contributed by atoms with Crippen LogP contribution < -0.4 is 5.73 Å². The molecule has 0 unspecified atom stereocenters. The molecule has 0 fully saturated rings. The topological polar surface area (TPSA) is 66.6 Å². The lowest BCUT2D eigenvalue weighted by atomic mass is 10.1. The van der Waals surface area contributed by atoms with Crippen molar-refractivity contribution in [3.63, 3.8) is 0 Å². The standard InChI is InChI=1S/C13H23N3O2S/c1-4-16(5-2)19(17,18)15(3)11-13-8-6-12(10-14)7-9-13/h6-9H,4-5,10-11,14H2,1-3H3. The summed E-state index contributed by atoms with van der Waals surface area (Å²) >= 11 is 0. The molecule has 0 aliphatic carbocycles. The summed E-state index contributed by atoms with van der Waals surface area (Å²) < 4.78 is 27.3. The van der Waals surface area contributed by atoms with Crippen LogP contribution >= 0.6 is 0 Å². The van der Waals surface area contributed by atoms with Gasteiger partial charge in [0.05, 0.1) is 0 Å². The van der Waals surface area contributed by atoms with Crippen molar-refractivity contribution < 1.29 is 8.42 Å². The second-order valence-electron chi connectivity index (χ2n) is 4.37. The molecule has 5 nitrogen and oxygen atoms in total. The van der Waals surface area contributed by atoms with Crippen LogP contribution in [0.15, 0.2) is 24.3 Å². The summed E-state index contributed by atoms with van der Waals surface area (Å²) in [5.41, 5.74) is 7.53. The van der Waals surface area contributed by atoms with E-state index in [4.69, 9.17) is 5.73 Å². The molecule has 108 valence electrons. The summed E-state index contributed by atoms with van der Waals surface area (Å²) in [5.74, 6) is 0. The molecule has 0 heterocycles. The van der Waals surface area contributed by atoms with Gasteiger partial charge in [-0.2, -0.15) is 17.0 Å².